The van der Waals surface area contributed by atoms with E-state index in [1.165, 1.54) is 0 Å². The van der Waals surface area contributed by atoms with Crippen molar-refractivity contribution in [2.24, 2.45) is 11.8 Å². The molecule has 0 aromatic carbocycles. The number of rotatable bonds is 4. The molecule has 1 fully saturated rings. The topological polar surface area (TPSA) is 89.3 Å². The number of ether oxygens (including phenoxy) is 1. The van der Waals surface area contributed by atoms with Crippen LogP contribution >= 0.6 is 15.9 Å². The van der Waals surface area contributed by atoms with Gasteiger partial charge in [0.1, 0.15) is 0 Å². The number of carbonyl (C=O) groups is 1. The second kappa shape index (κ2) is 6.83. The van der Waals surface area contributed by atoms with Crippen molar-refractivity contribution in [2.45, 2.75) is 12.8 Å². The third-order valence-electron chi connectivity index (χ3n) is 3.13. The minimum Gasteiger partial charge on any atom is -0.381 e. The first-order chi connectivity index (χ1) is 9.20. The molecule has 1 aliphatic heterocycles. The Kier molecular flexibility index (Phi) is 5.12. The average molecular weight is 329 g/mol. The van der Waals surface area contributed by atoms with E-state index in [4.69, 9.17) is 10.6 Å². The van der Waals surface area contributed by atoms with Crippen LogP contribution in [0.2, 0.25) is 0 Å². The zero-order valence-electron chi connectivity index (χ0n) is 10.5. The van der Waals surface area contributed by atoms with Gasteiger partial charge in [-0.2, -0.15) is 0 Å². The minimum absolute atomic E-state index is 0.173. The standard InChI is InChI=1S/C12H17BrN4O2/c13-9-5-10(11(17-14)15-7-9)12(18)16-6-8-1-3-19-4-2-8/h5,7-8H,1-4,6,14H2,(H,15,17)(H,16,18). The molecule has 1 aliphatic rings. The van der Waals surface area contributed by atoms with E-state index in [2.05, 4.69) is 31.7 Å². The maximum Gasteiger partial charge on any atom is 0.255 e. The molecule has 7 heteroatoms. The lowest BCUT2D eigenvalue weighted by molar-refractivity contribution is 0.0643. The number of hydrazine groups is 1. The molecule has 0 saturated carbocycles. The highest BCUT2D eigenvalue weighted by molar-refractivity contribution is 9.10. The van der Waals surface area contributed by atoms with Crippen LogP contribution in [-0.4, -0.2) is 30.6 Å². The number of anilines is 1. The van der Waals surface area contributed by atoms with Gasteiger partial charge in [-0.15, -0.1) is 0 Å². The Morgan fingerprint density at radius 2 is 2.26 bits per heavy atom. The van der Waals surface area contributed by atoms with E-state index in [-0.39, 0.29) is 5.91 Å². The molecule has 4 N–H and O–H groups in total. The number of nitrogen functional groups attached to an aromatic ring is 1. The summed E-state index contributed by atoms with van der Waals surface area (Å²) in [5.74, 6) is 6.03. The SMILES string of the molecule is NNc1ncc(Br)cc1C(=O)NCC1CCOCC1. The summed E-state index contributed by atoms with van der Waals surface area (Å²) in [5.41, 5.74) is 2.86. The van der Waals surface area contributed by atoms with Crippen molar-refractivity contribution in [2.75, 3.05) is 25.2 Å². The van der Waals surface area contributed by atoms with E-state index in [0.29, 0.717) is 23.8 Å². The molecule has 104 valence electrons. The van der Waals surface area contributed by atoms with Crippen LogP contribution in [0.4, 0.5) is 5.82 Å². The first-order valence-corrected chi connectivity index (χ1v) is 6.98. The summed E-state index contributed by atoms with van der Waals surface area (Å²) >= 11 is 3.29. The monoisotopic (exact) mass is 328 g/mol. The molecule has 2 rings (SSSR count). The van der Waals surface area contributed by atoms with Crippen molar-refractivity contribution in [1.82, 2.24) is 10.3 Å². The highest BCUT2D eigenvalue weighted by atomic mass is 79.9. The van der Waals surface area contributed by atoms with Crippen molar-refractivity contribution in [3.8, 4) is 0 Å². The van der Waals surface area contributed by atoms with E-state index >= 15 is 0 Å². The Morgan fingerprint density at radius 3 is 2.95 bits per heavy atom. The molecule has 0 atom stereocenters. The third kappa shape index (κ3) is 3.89. The van der Waals surface area contributed by atoms with Gasteiger partial charge in [-0.3, -0.25) is 4.79 Å². The van der Waals surface area contributed by atoms with Crippen LogP contribution in [0.3, 0.4) is 0 Å². The van der Waals surface area contributed by atoms with Crippen LogP contribution in [0.15, 0.2) is 16.7 Å². The highest BCUT2D eigenvalue weighted by Crippen LogP contribution is 2.18. The fourth-order valence-electron chi connectivity index (χ4n) is 2.01. The van der Waals surface area contributed by atoms with E-state index in [1.54, 1.807) is 12.3 Å². The van der Waals surface area contributed by atoms with Crippen molar-refractivity contribution in [1.29, 1.82) is 0 Å². The number of nitrogens with one attached hydrogen (secondary N) is 2. The molecule has 0 bridgehead atoms. The second-order valence-corrected chi connectivity index (χ2v) is 5.38. The van der Waals surface area contributed by atoms with Crippen LogP contribution in [0, 0.1) is 5.92 Å². The van der Waals surface area contributed by atoms with E-state index in [9.17, 15) is 4.79 Å². The molecule has 1 amide bonds. The van der Waals surface area contributed by atoms with E-state index in [0.717, 1.165) is 30.5 Å². The Hall–Kier alpha value is -1.18. The summed E-state index contributed by atoms with van der Waals surface area (Å²) < 4.78 is 6.03. The van der Waals surface area contributed by atoms with Crippen LogP contribution in [0.25, 0.3) is 0 Å². The van der Waals surface area contributed by atoms with Gasteiger partial charge in [0.15, 0.2) is 5.82 Å². The van der Waals surface area contributed by atoms with Gasteiger partial charge >= 0.3 is 0 Å². The number of carbonyl (C=O) groups excluding carboxylic acids is 1. The molecular weight excluding hydrogens is 312 g/mol. The summed E-state index contributed by atoms with van der Waals surface area (Å²) in [6, 6.07) is 1.70. The van der Waals surface area contributed by atoms with Crippen molar-refractivity contribution in [3.63, 3.8) is 0 Å². The Morgan fingerprint density at radius 1 is 1.53 bits per heavy atom. The molecule has 1 saturated heterocycles. The number of hydrogen-bond acceptors (Lipinski definition) is 5. The molecule has 0 unspecified atom stereocenters. The number of hydrogen-bond donors (Lipinski definition) is 3. The lowest BCUT2D eigenvalue weighted by atomic mass is 10.0. The van der Waals surface area contributed by atoms with Crippen molar-refractivity contribution in [3.05, 3.63) is 22.3 Å². The van der Waals surface area contributed by atoms with Gasteiger partial charge in [-0.25, -0.2) is 10.8 Å². The molecule has 2 heterocycles. The van der Waals surface area contributed by atoms with Crippen molar-refractivity contribution < 1.29 is 9.53 Å². The predicted molar refractivity (Wildman–Crippen MR) is 75.6 cm³/mol. The third-order valence-corrected chi connectivity index (χ3v) is 3.56. The normalized spacial score (nSPS) is 16.1. The Bertz CT molecular complexity index is 449. The zero-order valence-corrected chi connectivity index (χ0v) is 12.1. The summed E-state index contributed by atoms with van der Waals surface area (Å²) in [4.78, 5) is 16.2. The molecule has 0 aliphatic carbocycles. The van der Waals surface area contributed by atoms with Gasteiger partial charge in [0.05, 0.1) is 5.56 Å². The zero-order chi connectivity index (χ0) is 13.7. The summed E-state index contributed by atoms with van der Waals surface area (Å²) in [5, 5.41) is 2.92. The summed E-state index contributed by atoms with van der Waals surface area (Å²) in [6.45, 7) is 2.20. The van der Waals surface area contributed by atoms with Gasteiger partial charge in [-0.1, -0.05) is 0 Å². The minimum atomic E-state index is -0.173. The molecule has 1 aromatic rings. The lowest BCUT2D eigenvalue weighted by Gasteiger charge is -2.22. The summed E-state index contributed by atoms with van der Waals surface area (Å²) in [6.07, 6.45) is 3.56. The molecule has 0 spiro atoms. The van der Waals surface area contributed by atoms with Crippen LogP contribution < -0.4 is 16.6 Å². The molecular formula is C12H17BrN4O2. The van der Waals surface area contributed by atoms with Gasteiger partial charge in [-0.05, 0) is 40.8 Å². The fourth-order valence-corrected chi connectivity index (χ4v) is 2.34. The second-order valence-electron chi connectivity index (χ2n) is 4.46. The highest BCUT2D eigenvalue weighted by Gasteiger charge is 2.17. The first kappa shape index (κ1) is 14.2. The van der Waals surface area contributed by atoms with E-state index < -0.39 is 0 Å². The number of halogens is 1. The number of amides is 1. The molecule has 0 radical (unpaired) electrons. The molecule has 6 nitrogen and oxygen atoms in total. The Balaban J connectivity index is 1.97. The quantitative estimate of drug-likeness (QED) is 0.572. The molecule has 19 heavy (non-hydrogen) atoms. The summed E-state index contributed by atoms with van der Waals surface area (Å²) in [7, 11) is 0. The maximum absolute atomic E-state index is 12.1. The van der Waals surface area contributed by atoms with E-state index in [1.807, 2.05) is 0 Å². The number of aromatic nitrogens is 1. The Labute approximate surface area is 120 Å². The van der Waals surface area contributed by atoms with Gasteiger partial charge < -0.3 is 15.5 Å². The number of nitrogens with two attached hydrogens (primary N) is 1. The van der Waals surface area contributed by atoms with Crippen LogP contribution in [-0.2, 0) is 4.74 Å². The maximum atomic E-state index is 12.1. The van der Waals surface area contributed by atoms with Crippen LogP contribution in [0.5, 0.6) is 0 Å². The fraction of sp³-hybridized carbons (Fsp3) is 0.500. The molecule has 1 aromatic heterocycles. The van der Waals surface area contributed by atoms with Crippen molar-refractivity contribution >= 4 is 27.7 Å². The first-order valence-electron chi connectivity index (χ1n) is 6.19. The van der Waals surface area contributed by atoms with Crippen LogP contribution in [0.1, 0.15) is 23.2 Å². The average Bonchev–Trinajstić information content (AvgIpc) is 2.46. The number of pyridine rings is 1. The lowest BCUT2D eigenvalue weighted by Crippen LogP contribution is -2.33. The largest absolute Gasteiger partial charge is 0.381 e. The predicted octanol–water partition coefficient (Wildman–Crippen LogP) is 1.29. The van der Waals surface area contributed by atoms with Gasteiger partial charge in [0, 0.05) is 30.4 Å². The smallest absolute Gasteiger partial charge is 0.255 e. The van der Waals surface area contributed by atoms with Gasteiger partial charge in [0.25, 0.3) is 5.91 Å². The van der Waals surface area contributed by atoms with Gasteiger partial charge in [0.2, 0.25) is 0 Å². The number of nitrogens with zero attached hydrogens (tertiary/aromatic N) is 1.